The summed E-state index contributed by atoms with van der Waals surface area (Å²) in [6.07, 6.45) is 0. The topological polar surface area (TPSA) is 55.6 Å². The van der Waals surface area contributed by atoms with Crippen LogP contribution in [0.4, 0.5) is 0 Å². The molecule has 0 radical (unpaired) electrons. The van der Waals surface area contributed by atoms with Gasteiger partial charge in [0.1, 0.15) is 6.04 Å². The number of hydrogen-bond acceptors (Lipinski definition) is 4. The molecule has 4 nitrogen and oxygen atoms in total. The molecule has 1 unspecified atom stereocenters. The molecule has 0 aromatic rings. The molecule has 5 heteroatoms. The van der Waals surface area contributed by atoms with Crippen LogP contribution in [0.2, 0.25) is 0 Å². The van der Waals surface area contributed by atoms with Crippen LogP contribution in [-0.4, -0.2) is 41.1 Å². The van der Waals surface area contributed by atoms with E-state index < -0.39 is 0 Å². The van der Waals surface area contributed by atoms with Crippen LogP contribution in [0.15, 0.2) is 0 Å². The molecule has 0 aliphatic carbocycles. The van der Waals surface area contributed by atoms with Crippen molar-refractivity contribution in [3.8, 4) is 0 Å². The zero-order valence-electron chi connectivity index (χ0n) is 9.82. The first-order chi connectivity index (χ1) is 6.90. The van der Waals surface area contributed by atoms with Crippen LogP contribution in [0, 0.1) is 0 Å². The fourth-order valence-corrected chi connectivity index (χ4v) is 1.49. The minimum Gasteiger partial charge on any atom is -0.465 e. The van der Waals surface area contributed by atoms with Gasteiger partial charge in [-0.15, -0.1) is 0 Å². The molecule has 0 aliphatic heterocycles. The molecule has 0 aromatic heterocycles. The molecule has 0 aromatic carbocycles. The van der Waals surface area contributed by atoms with Crippen LogP contribution in [0.5, 0.6) is 0 Å². The molecule has 88 valence electrons. The lowest BCUT2D eigenvalue weighted by Gasteiger charge is -2.30. The highest BCUT2D eigenvalue weighted by molar-refractivity contribution is 7.80. The monoisotopic (exact) mass is 232 g/mol. The first kappa shape index (κ1) is 14.3. The Balaban J connectivity index is 4.47. The molecule has 0 rings (SSSR count). The molecule has 0 saturated carbocycles. The minimum atomic E-state index is -0.313. The summed E-state index contributed by atoms with van der Waals surface area (Å²) >= 11 is 4.85. The molecule has 1 atom stereocenters. The predicted octanol–water partition coefficient (Wildman–Crippen LogP) is 0.935. The number of ether oxygens (including phenoxy) is 1. The smallest absolute Gasteiger partial charge is 0.323 e. The van der Waals surface area contributed by atoms with E-state index >= 15 is 0 Å². The van der Waals surface area contributed by atoms with Crippen molar-refractivity contribution in [2.24, 2.45) is 5.73 Å². The maximum atomic E-state index is 11.5. The van der Waals surface area contributed by atoms with Gasteiger partial charge in [-0.25, -0.2) is 0 Å². The predicted molar refractivity (Wildman–Crippen MR) is 64.7 cm³/mol. The Labute approximate surface area is 96.8 Å². The Kier molecular flexibility index (Phi) is 6.43. The van der Waals surface area contributed by atoms with E-state index in [0.717, 1.165) is 0 Å². The van der Waals surface area contributed by atoms with Crippen molar-refractivity contribution < 1.29 is 9.53 Å². The molecule has 0 fully saturated rings. The van der Waals surface area contributed by atoms with E-state index in [0.29, 0.717) is 18.1 Å². The highest BCUT2D eigenvalue weighted by Crippen LogP contribution is 2.06. The quantitative estimate of drug-likeness (QED) is 0.545. The largest absolute Gasteiger partial charge is 0.465 e. The minimum absolute atomic E-state index is 0.200. The number of rotatable bonds is 6. The second-order valence-electron chi connectivity index (χ2n) is 3.66. The maximum Gasteiger partial charge on any atom is 0.323 e. The molecule has 0 heterocycles. The summed E-state index contributed by atoms with van der Waals surface area (Å²) in [6, 6.07) is -0.114. The van der Waals surface area contributed by atoms with Gasteiger partial charge in [0.25, 0.3) is 0 Å². The van der Waals surface area contributed by atoms with Gasteiger partial charge in [0.15, 0.2) is 0 Å². The van der Waals surface area contributed by atoms with Gasteiger partial charge in [0.05, 0.1) is 11.6 Å². The summed E-state index contributed by atoms with van der Waals surface area (Å²) in [5, 5.41) is 0. The lowest BCUT2D eigenvalue weighted by molar-refractivity contribution is -0.149. The number of hydrogen-bond donors (Lipinski definition) is 1. The van der Waals surface area contributed by atoms with E-state index in [2.05, 4.69) is 0 Å². The van der Waals surface area contributed by atoms with E-state index in [1.54, 1.807) is 13.8 Å². The average Bonchev–Trinajstić information content (AvgIpc) is 2.12. The van der Waals surface area contributed by atoms with Gasteiger partial charge < -0.3 is 10.5 Å². The highest BCUT2D eigenvalue weighted by atomic mass is 32.1. The fourth-order valence-electron chi connectivity index (χ4n) is 1.34. The van der Waals surface area contributed by atoms with Gasteiger partial charge in [-0.05, 0) is 27.7 Å². The summed E-state index contributed by atoms with van der Waals surface area (Å²) in [5.74, 6) is -0.234. The first-order valence-corrected chi connectivity index (χ1v) is 5.51. The number of carbonyl (C=O) groups is 1. The van der Waals surface area contributed by atoms with Gasteiger partial charge in [-0.2, -0.15) is 0 Å². The van der Waals surface area contributed by atoms with Gasteiger partial charge >= 0.3 is 5.97 Å². The first-order valence-electron chi connectivity index (χ1n) is 5.10. The summed E-state index contributed by atoms with van der Waals surface area (Å²) < 4.78 is 4.95. The summed E-state index contributed by atoms with van der Waals surface area (Å²) in [6.45, 7) is 8.41. The molecule has 2 N–H and O–H groups in total. The van der Waals surface area contributed by atoms with Crippen molar-refractivity contribution in [2.75, 3.05) is 13.2 Å². The highest BCUT2D eigenvalue weighted by Gasteiger charge is 2.24. The Morgan fingerprint density at radius 3 is 2.33 bits per heavy atom. The fraction of sp³-hybridized carbons (Fsp3) is 0.800. The van der Waals surface area contributed by atoms with Crippen LogP contribution in [0.25, 0.3) is 0 Å². The third-order valence-electron chi connectivity index (χ3n) is 2.13. The Bertz CT molecular complexity index is 231. The molecular formula is C10H20N2O2S. The molecule has 15 heavy (non-hydrogen) atoms. The van der Waals surface area contributed by atoms with Crippen LogP contribution in [-0.2, 0) is 9.53 Å². The van der Waals surface area contributed by atoms with Gasteiger partial charge in [0, 0.05) is 12.6 Å². The van der Waals surface area contributed by atoms with Crippen molar-refractivity contribution in [3.63, 3.8) is 0 Å². The zero-order chi connectivity index (χ0) is 12.0. The molecule has 0 amide bonds. The van der Waals surface area contributed by atoms with Crippen LogP contribution in [0.3, 0.4) is 0 Å². The van der Waals surface area contributed by atoms with E-state index in [4.69, 9.17) is 22.7 Å². The van der Waals surface area contributed by atoms with Crippen molar-refractivity contribution in [1.82, 2.24) is 4.90 Å². The van der Waals surface area contributed by atoms with Crippen LogP contribution in [0.1, 0.15) is 27.7 Å². The summed E-state index contributed by atoms with van der Waals surface area (Å²) in [5.41, 5.74) is 5.48. The maximum absolute atomic E-state index is 11.5. The average molecular weight is 232 g/mol. The van der Waals surface area contributed by atoms with E-state index in [9.17, 15) is 4.79 Å². The van der Waals surface area contributed by atoms with Crippen LogP contribution < -0.4 is 5.73 Å². The number of nitrogens with two attached hydrogens (primary N) is 1. The van der Waals surface area contributed by atoms with Crippen molar-refractivity contribution >= 4 is 23.2 Å². The van der Waals surface area contributed by atoms with Crippen LogP contribution >= 0.6 is 12.2 Å². The second kappa shape index (κ2) is 6.74. The SMILES string of the molecule is CCOC(=O)C(C)N(CC(N)=S)C(C)C. The number of nitrogens with zero attached hydrogens (tertiary/aromatic N) is 1. The third kappa shape index (κ3) is 5.09. The summed E-state index contributed by atoms with van der Waals surface area (Å²) in [4.78, 5) is 13.8. The Hall–Kier alpha value is -0.680. The standard InChI is InChI=1S/C10H20N2O2S/c1-5-14-10(13)8(4)12(7(2)3)6-9(11)15/h7-8H,5-6H2,1-4H3,(H2,11,15). The normalized spacial score (nSPS) is 12.9. The zero-order valence-corrected chi connectivity index (χ0v) is 10.6. The number of carbonyl (C=O) groups excluding carboxylic acids is 1. The van der Waals surface area contributed by atoms with E-state index in [-0.39, 0.29) is 18.1 Å². The van der Waals surface area contributed by atoms with E-state index in [1.165, 1.54) is 0 Å². The van der Waals surface area contributed by atoms with Gasteiger partial charge in [-0.1, -0.05) is 12.2 Å². The lowest BCUT2D eigenvalue weighted by atomic mass is 10.2. The van der Waals surface area contributed by atoms with E-state index in [1.807, 2.05) is 18.7 Å². The number of esters is 1. The van der Waals surface area contributed by atoms with Crippen molar-refractivity contribution in [3.05, 3.63) is 0 Å². The van der Waals surface area contributed by atoms with Crippen molar-refractivity contribution in [1.29, 1.82) is 0 Å². The molecule has 0 aliphatic rings. The van der Waals surface area contributed by atoms with Crippen molar-refractivity contribution in [2.45, 2.75) is 39.8 Å². The molecule has 0 saturated heterocycles. The van der Waals surface area contributed by atoms with Gasteiger partial charge in [-0.3, -0.25) is 9.69 Å². The number of thiocarbonyl (C=S) groups is 1. The molecule has 0 bridgehead atoms. The second-order valence-corrected chi connectivity index (χ2v) is 4.18. The summed E-state index contributed by atoms with van der Waals surface area (Å²) in [7, 11) is 0. The lowest BCUT2D eigenvalue weighted by Crippen LogP contribution is -2.47. The molecule has 0 spiro atoms. The Morgan fingerprint density at radius 1 is 1.47 bits per heavy atom. The van der Waals surface area contributed by atoms with Gasteiger partial charge in [0.2, 0.25) is 0 Å². The molecular weight excluding hydrogens is 212 g/mol. The third-order valence-corrected chi connectivity index (χ3v) is 2.26. The Morgan fingerprint density at radius 2 is 2.00 bits per heavy atom.